The Morgan fingerprint density at radius 3 is 1.38 bits per heavy atom. The minimum Gasteiger partial charge on any atom is -0.480 e. The average Bonchev–Trinajstić information content (AvgIpc) is 3.37. The van der Waals surface area contributed by atoms with Crippen LogP contribution in [0.15, 0.2) is 57.1 Å². The Labute approximate surface area is 513 Å². The number of aliphatic carboxylic acids is 1. The molecule has 32 nitrogen and oxygen atoms in total. The zero-order chi connectivity index (χ0) is 63.8. The number of ether oxygens (including phenoxy) is 6. The van der Waals surface area contributed by atoms with Crippen molar-refractivity contribution in [3.8, 4) is 24.0 Å². The van der Waals surface area contributed by atoms with Crippen molar-refractivity contribution in [3.63, 3.8) is 0 Å². The summed E-state index contributed by atoms with van der Waals surface area (Å²) in [6.45, 7) is 22.1. The van der Waals surface area contributed by atoms with Crippen LogP contribution in [-0.2, 0) is 33.3 Å². The highest BCUT2D eigenvalue weighted by Crippen LogP contribution is 2.39. The van der Waals surface area contributed by atoms with E-state index in [0.717, 1.165) is 54.1 Å². The van der Waals surface area contributed by atoms with Gasteiger partial charge in [-0.15, -0.1) is 25.6 Å². The number of carbonyl (C=O) groups is 2. The molecule has 7 aromatic rings. The van der Waals surface area contributed by atoms with Crippen LogP contribution in [0.3, 0.4) is 0 Å². The van der Waals surface area contributed by atoms with Crippen molar-refractivity contribution in [2.45, 2.75) is 67.2 Å². The number of nitrogens with one attached hydrogen (secondary N) is 6. The van der Waals surface area contributed by atoms with E-state index in [2.05, 4.69) is 113 Å². The third kappa shape index (κ3) is 18.9. The number of methoxy groups -OCH3 is 4. The van der Waals surface area contributed by atoms with Gasteiger partial charge in [-0.2, -0.15) is 45.2 Å². The Morgan fingerprint density at radius 1 is 0.584 bits per heavy atom. The first kappa shape index (κ1) is 66.3. The second kappa shape index (κ2) is 33.0. The molecule has 0 unspecified atom stereocenters. The van der Waals surface area contributed by atoms with E-state index in [0.29, 0.717) is 102 Å². The van der Waals surface area contributed by atoms with Crippen LogP contribution in [0.5, 0.6) is 6.01 Å². The lowest BCUT2D eigenvalue weighted by atomic mass is 10.1. The summed E-state index contributed by atoms with van der Waals surface area (Å²) < 4.78 is 33.7. The molecule has 5 aromatic heterocycles. The van der Waals surface area contributed by atoms with Gasteiger partial charge in [0.2, 0.25) is 23.5 Å². The standard InChI is InChI=1S/C57H71N23O9/c1-33-24-35(3)43(36(4)25-33)64-53-66-49(60-16-12-20-84-8)45(50(67-53)61-17-13-21-85-9)73-75-47-39(28-58)29-79(77-47)55-70-56(72-57(71-55)89-42(83)32-88-31-41(81)82)80-30-40(59-7)48(78-80)76-74-46-51(62-18-14-22-86-10)68-54(69-52(46)63-19-15-23-87-11)65-44-37(5)26-34(2)27-38(44)6/h24-27,29-30H,12-23,31-32H2,1-6,8-11H3,(H,81,82)(H3,60,61,64,66,67)(H3,62,63,65,68,69). The van der Waals surface area contributed by atoms with Crippen LogP contribution in [0, 0.1) is 59.4 Å². The number of azo groups is 2. The van der Waals surface area contributed by atoms with Gasteiger partial charge in [-0.1, -0.05) is 35.4 Å². The van der Waals surface area contributed by atoms with Crippen molar-refractivity contribution >= 4 is 87.2 Å². The van der Waals surface area contributed by atoms with Crippen LogP contribution < -0.4 is 36.6 Å². The topological polar surface area (TPSA) is 385 Å². The molecule has 0 saturated carbocycles. The molecule has 7 N–H and O–H groups in total. The van der Waals surface area contributed by atoms with E-state index in [9.17, 15) is 14.9 Å². The van der Waals surface area contributed by atoms with Crippen molar-refractivity contribution < 1.29 is 43.1 Å². The molecular weight excluding hydrogens is 1150 g/mol. The highest BCUT2D eigenvalue weighted by Gasteiger charge is 2.23. The maximum Gasteiger partial charge on any atom is 0.339 e. The molecule has 0 fully saturated rings. The number of rotatable bonds is 35. The smallest absolute Gasteiger partial charge is 0.339 e. The molecule has 0 amide bonds. The summed E-state index contributed by atoms with van der Waals surface area (Å²) in [5.74, 6) is -1.80. The van der Waals surface area contributed by atoms with Crippen LogP contribution in [0.1, 0.15) is 64.6 Å². The first-order valence-corrected chi connectivity index (χ1v) is 28.1. The fourth-order valence-electron chi connectivity index (χ4n) is 8.74. The van der Waals surface area contributed by atoms with Crippen LogP contribution in [0.25, 0.3) is 16.7 Å². The molecule has 0 bridgehead atoms. The number of carbonyl (C=O) groups excluding carboxylic acids is 1. The number of hydrogen-bond donors (Lipinski definition) is 7. The number of benzene rings is 2. The molecule has 0 aliphatic rings. The summed E-state index contributed by atoms with van der Waals surface area (Å²) in [7, 11) is 6.43. The van der Waals surface area contributed by atoms with Crippen LogP contribution >= 0.6 is 0 Å². The molecule has 468 valence electrons. The summed E-state index contributed by atoms with van der Waals surface area (Å²) in [5.41, 5.74) is 7.97. The fourth-order valence-corrected chi connectivity index (χ4v) is 8.74. The number of hydrogen-bond acceptors (Lipinski definition) is 28. The predicted octanol–water partition coefficient (Wildman–Crippen LogP) is 9.21. The lowest BCUT2D eigenvalue weighted by Gasteiger charge is -2.17. The van der Waals surface area contributed by atoms with Gasteiger partial charge < -0.3 is 65.4 Å². The van der Waals surface area contributed by atoms with Gasteiger partial charge in [-0.3, -0.25) is 0 Å². The molecule has 2 aromatic carbocycles. The maximum absolute atomic E-state index is 13.1. The first-order chi connectivity index (χ1) is 43.0. The molecule has 7 rings (SSSR count). The van der Waals surface area contributed by atoms with Gasteiger partial charge in [-0.25, -0.2) is 23.8 Å². The van der Waals surface area contributed by atoms with Gasteiger partial charge in [0.1, 0.15) is 24.8 Å². The lowest BCUT2D eigenvalue weighted by Crippen LogP contribution is -2.21. The van der Waals surface area contributed by atoms with Crippen LogP contribution in [0.4, 0.5) is 75.2 Å². The Hall–Kier alpha value is -10.3. The molecule has 32 heteroatoms. The second-order valence-corrected chi connectivity index (χ2v) is 19.9. The van der Waals surface area contributed by atoms with E-state index >= 15 is 0 Å². The molecule has 5 heterocycles. The summed E-state index contributed by atoms with van der Waals surface area (Å²) in [6.07, 6.45) is 4.95. The maximum atomic E-state index is 13.1. The van der Waals surface area contributed by atoms with Gasteiger partial charge in [0.25, 0.3) is 17.6 Å². The molecule has 0 spiro atoms. The zero-order valence-corrected chi connectivity index (χ0v) is 51.2. The summed E-state index contributed by atoms with van der Waals surface area (Å²) in [6, 6.07) is 9.66. The number of aromatic nitrogens is 11. The SMILES string of the molecule is [C-]#[N+]c1cn(-c2nc(OC(=O)COCC(=O)O)nc(-n3cc(C#N)c(N=Nc4c(NCCCOC)nc(Nc5c(C)cc(C)cc5C)nc4NCCCOC)n3)n2)nc1N=Nc1c(NCCCOC)nc(Nc2c(C)cc(C)cc2C)nc1NCCCOC. The third-order valence-electron chi connectivity index (χ3n) is 12.6. The largest absolute Gasteiger partial charge is 0.480 e. The van der Waals surface area contributed by atoms with E-state index in [1.54, 1.807) is 28.4 Å². The number of nitrogens with zero attached hydrogens (tertiary/aromatic N) is 17. The molecule has 0 aliphatic heterocycles. The molecule has 0 radical (unpaired) electrons. The Morgan fingerprint density at radius 2 is 0.989 bits per heavy atom. The average molecular weight is 1220 g/mol. The van der Waals surface area contributed by atoms with Gasteiger partial charge in [-0.05, 0) is 89.5 Å². The third-order valence-corrected chi connectivity index (χ3v) is 12.6. The molecule has 0 atom stereocenters. The van der Waals surface area contributed by atoms with Gasteiger partial charge in [0.15, 0.2) is 34.6 Å². The predicted molar refractivity (Wildman–Crippen MR) is 329 cm³/mol. The van der Waals surface area contributed by atoms with Crippen LogP contribution in [-0.4, -0.2) is 166 Å². The van der Waals surface area contributed by atoms with E-state index in [-0.39, 0.29) is 58.1 Å². The highest BCUT2D eigenvalue weighted by atomic mass is 16.6. The monoisotopic (exact) mass is 1220 g/mol. The van der Waals surface area contributed by atoms with Crippen molar-refractivity contribution in [3.05, 3.63) is 87.0 Å². The lowest BCUT2D eigenvalue weighted by molar-refractivity contribution is -0.147. The van der Waals surface area contributed by atoms with Gasteiger partial charge in [0, 0.05) is 98.6 Å². The Kier molecular flexibility index (Phi) is 24.6. The van der Waals surface area contributed by atoms with Gasteiger partial charge >= 0.3 is 17.9 Å². The normalized spacial score (nSPS) is 11.2. The highest BCUT2D eigenvalue weighted by molar-refractivity contribution is 5.79. The van der Waals surface area contributed by atoms with E-state index < -0.39 is 31.2 Å². The minimum atomic E-state index is -1.33. The van der Waals surface area contributed by atoms with Crippen molar-refractivity contribution in [1.29, 1.82) is 5.26 Å². The quantitative estimate of drug-likeness (QED) is 0.00841. The molecule has 0 saturated heterocycles. The summed E-state index contributed by atoms with van der Waals surface area (Å²) >= 11 is 0. The number of esters is 1. The number of carboxylic acid groups (broad SMARTS) is 1. The van der Waals surface area contributed by atoms with Crippen molar-refractivity contribution in [2.24, 2.45) is 20.5 Å². The minimum absolute atomic E-state index is 0.101. The molecule has 89 heavy (non-hydrogen) atoms. The van der Waals surface area contributed by atoms with E-state index in [4.69, 9.17) is 60.0 Å². The fraction of sp³-hybridized carbons (Fsp3) is 0.421. The number of carboxylic acids is 1. The zero-order valence-electron chi connectivity index (χ0n) is 51.2. The molecule has 0 aliphatic carbocycles. The molecular formula is C57H71N23O9. The second-order valence-electron chi connectivity index (χ2n) is 19.9. The van der Waals surface area contributed by atoms with Gasteiger partial charge in [0.05, 0.1) is 12.8 Å². The number of nitriles is 1. The summed E-state index contributed by atoms with van der Waals surface area (Å²) in [5, 5.41) is 66.8. The van der Waals surface area contributed by atoms with Crippen molar-refractivity contribution in [1.82, 2.24) is 54.4 Å². The Bertz CT molecular complexity index is 3410. The van der Waals surface area contributed by atoms with Crippen LogP contribution in [0.2, 0.25) is 0 Å². The van der Waals surface area contributed by atoms with Crippen molar-refractivity contribution in [2.75, 3.05) is 126 Å². The number of anilines is 8. The summed E-state index contributed by atoms with van der Waals surface area (Å²) in [4.78, 5) is 60.4. The number of aryl methyl sites for hydroxylation is 6. The van der Waals surface area contributed by atoms with E-state index in [1.807, 2.05) is 41.5 Å². The first-order valence-electron chi connectivity index (χ1n) is 28.1. The Balaban J connectivity index is 1.30. The van der Waals surface area contributed by atoms with E-state index in [1.165, 1.54) is 12.4 Å².